The van der Waals surface area contributed by atoms with Crippen LogP contribution in [0.2, 0.25) is 0 Å². The Kier molecular flexibility index (Phi) is 10.6. The number of nitrogens with one attached hydrogen (secondary N) is 3. The van der Waals surface area contributed by atoms with Crippen molar-refractivity contribution in [2.45, 2.75) is 90.4 Å². The number of hydrogen-bond donors (Lipinski definition) is 4. The Morgan fingerprint density at radius 1 is 0.870 bits per heavy atom. The second-order valence-electron chi connectivity index (χ2n) is 14.8. The van der Waals surface area contributed by atoms with Crippen LogP contribution in [0.3, 0.4) is 0 Å². The summed E-state index contributed by atoms with van der Waals surface area (Å²) < 4.78 is 4.81. The van der Waals surface area contributed by atoms with E-state index < -0.39 is 18.2 Å². The highest BCUT2D eigenvalue weighted by Crippen LogP contribution is 2.35. The molecule has 3 aromatic heterocycles. The van der Waals surface area contributed by atoms with Gasteiger partial charge in [-0.15, -0.1) is 10.2 Å². The van der Waals surface area contributed by atoms with E-state index in [9.17, 15) is 14.4 Å². The van der Waals surface area contributed by atoms with Crippen LogP contribution in [0.1, 0.15) is 90.0 Å². The van der Waals surface area contributed by atoms with Gasteiger partial charge in [-0.05, 0) is 61.8 Å². The zero-order chi connectivity index (χ0) is 38.1. The number of likely N-dealkylation sites (tertiary alicyclic amines) is 2. The average molecular weight is 735 g/mol. The van der Waals surface area contributed by atoms with Gasteiger partial charge in [0.1, 0.15) is 17.7 Å². The molecule has 6 atom stereocenters. The summed E-state index contributed by atoms with van der Waals surface area (Å²) in [5.41, 5.74) is 12.1. The van der Waals surface area contributed by atoms with Gasteiger partial charge in [-0.1, -0.05) is 58.7 Å². The highest BCUT2D eigenvalue weighted by Gasteiger charge is 2.38. The normalized spacial score (nSPS) is 19.6. The minimum absolute atomic E-state index is 0.0114. The number of imidazole rings is 2. The summed E-state index contributed by atoms with van der Waals surface area (Å²) in [6, 6.07) is 12.5. The third kappa shape index (κ3) is 7.14. The number of carbonyl (C=O) groups excluding carboxylic acids is 3. The summed E-state index contributed by atoms with van der Waals surface area (Å²) in [6.07, 6.45) is 6.15. The lowest BCUT2D eigenvalue weighted by atomic mass is 9.97. The Morgan fingerprint density at radius 2 is 1.57 bits per heavy atom. The van der Waals surface area contributed by atoms with Crippen molar-refractivity contribution in [2.24, 2.45) is 17.6 Å². The van der Waals surface area contributed by atoms with Gasteiger partial charge in [-0.2, -0.15) is 0 Å². The van der Waals surface area contributed by atoms with Gasteiger partial charge in [0.05, 0.1) is 59.4 Å². The number of fused-ring (bicyclic) bond motifs is 2. The average Bonchev–Trinajstić information content (AvgIpc) is 4.04. The van der Waals surface area contributed by atoms with E-state index in [2.05, 4.69) is 37.4 Å². The van der Waals surface area contributed by atoms with E-state index in [1.807, 2.05) is 79.2 Å². The van der Waals surface area contributed by atoms with Gasteiger partial charge in [0.15, 0.2) is 0 Å². The molecular formula is C40H50N10O4. The highest BCUT2D eigenvalue weighted by atomic mass is 16.5. The fourth-order valence-corrected chi connectivity index (χ4v) is 7.71. The molecule has 0 aliphatic carbocycles. The van der Waals surface area contributed by atoms with Gasteiger partial charge in [0.2, 0.25) is 11.8 Å². The van der Waals surface area contributed by atoms with Crippen molar-refractivity contribution in [2.75, 3.05) is 20.2 Å². The number of nitrogens with zero attached hydrogens (tertiary/aromatic N) is 6. The van der Waals surface area contributed by atoms with E-state index in [1.165, 1.54) is 7.11 Å². The van der Waals surface area contributed by atoms with Crippen LogP contribution in [0, 0.1) is 11.8 Å². The third-order valence-corrected chi connectivity index (χ3v) is 11.5. The van der Waals surface area contributed by atoms with Gasteiger partial charge >= 0.3 is 6.09 Å². The number of ether oxygens (including phenoxy) is 1. The Labute approximate surface area is 314 Å². The van der Waals surface area contributed by atoms with Gasteiger partial charge in [-0.3, -0.25) is 9.59 Å². The van der Waals surface area contributed by atoms with Crippen LogP contribution in [0.15, 0.2) is 48.7 Å². The SMILES string of the molecule is CC[C@@H](C)[C@H](N)C(=O)N1CCC[C@H]1c1ncc(-c2ccc3cc(-c4ccc5nc([C@@H]6CCCN6C(=O)[C@@H](NC(=O)OC)[C@H](C)CC)[nH]c5c4)nnc3c2)[nH]1. The van der Waals surface area contributed by atoms with Crippen LogP contribution in [0.25, 0.3) is 44.5 Å². The molecule has 2 fully saturated rings. The fourth-order valence-electron chi connectivity index (χ4n) is 7.71. The molecule has 0 saturated carbocycles. The van der Waals surface area contributed by atoms with Crippen molar-refractivity contribution in [3.63, 3.8) is 0 Å². The number of rotatable bonds is 11. The molecule has 2 aliphatic rings. The van der Waals surface area contributed by atoms with Crippen molar-refractivity contribution in [3.05, 3.63) is 60.3 Å². The summed E-state index contributed by atoms with van der Waals surface area (Å²) in [4.78, 5) is 59.3. The second-order valence-corrected chi connectivity index (χ2v) is 14.8. The van der Waals surface area contributed by atoms with Crippen molar-refractivity contribution in [1.29, 1.82) is 0 Å². The first-order valence-corrected chi connectivity index (χ1v) is 19.1. The maximum atomic E-state index is 13.8. The number of alkyl carbamates (subject to hydrolysis) is 1. The van der Waals surface area contributed by atoms with Crippen molar-refractivity contribution < 1.29 is 19.1 Å². The van der Waals surface area contributed by atoms with Gasteiger partial charge in [-0.25, -0.2) is 14.8 Å². The summed E-state index contributed by atoms with van der Waals surface area (Å²) in [7, 11) is 1.30. The molecule has 0 radical (unpaired) electrons. The lowest BCUT2D eigenvalue weighted by molar-refractivity contribution is -0.136. The molecule has 2 aromatic carbocycles. The summed E-state index contributed by atoms with van der Waals surface area (Å²) in [5, 5.41) is 12.9. The number of hydrogen-bond acceptors (Lipinski definition) is 9. The molecule has 54 heavy (non-hydrogen) atoms. The molecule has 2 saturated heterocycles. The van der Waals surface area contributed by atoms with Gasteiger partial charge < -0.3 is 35.6 Å². The van der Waals surface area contributed by atoms with E-state index >= 15 is 0 Å². The third-order valence-electron chi connectivity index (χ3n) is 11.5. The summed E-state index contributed by atoms with van der Waals surface area (Å²) in [5.74, 6) is 1.40. The first-order chi connectivity index (χ1) is 26.1. The molecule has 14 heteroatoms. The first kappa shape index (κ1) is 37.0. The van der Waals surface area contributed by atoms with Crippen LogP contribution >= 0.6 is 0 Å². The van der Waals surface area contributed by atoms with E-state index in [4.69, 9.17) is 15.5 Å². The molecule has 14 nitrogen and oxygen atoms in total. The second kappa shape index (κ2) is 15.5. The maximum Gasteiger partial charge on any atom is 0.407 e. The Bertz CT molecular complexity index is 2160. The minimum Gasteiger partial charge on any atom is -0.453 e. The molecule has 3 amide bonds. The van der Waals surface area contributed by atoms with Crippen molar-refractivity contribution in [3.8, 4) is 22.5 Å². The molecule has 5 aromatic rings. The van der Waals surface area contributed by atoms with E-state index in [0.717, 1.165) is 94.6 Å². The fraction of sp³-hybridized carbons (Fsp3) is 0.475. The quantitative estimate of drug-likeness (QED) is 0.126. The summed E-state index contributed by atoms with van der Waals surface area (Å²) in [6.45, 7) is 9.30. The van der Waals surface area contributed by atoms with E-state index in [-0.39, 0.29) is 35.7 Å². The molecule has 0 spiro atoms. The van der Waals surface area contributed by atoms with E-state index in [1.54, 1.807) is 0 Å². The maximum absolute atomic E-state index is 13.8. The number of nitrogens with two attached hydrogens (primary N) is 1. The Hall–Kier alpha value is -5.37. The molecule has 0 bridgehead atoms. The predicted molar refractivity (Wildman–Crippen MR) is 206 cm³/mol. The monoisotopic (exact) mass is 734 g/mol. The Balaban J connectivity index is 1.08. The van der Waals surface area contributed by atoms with Crippen LogP contribution in [0.4, 0.5) is 4.79 Å². The zero-order valence-corrected chi connectivity index (χ0v) is 31.6. The molecular weight excluding hydrogens is 685 g/mol. The largest absolute Gasteiger partial charge is 0.453 e. The Morgan fingerprint density at radius 3 is 2.30 bits per heavy atom. The molecule has 0 unspecified atom stereocenters. The van der Waals surface area contributed by atoms with Crippen LogP contribution in [0.5, 0.6) is 0 Å². The number of H-pyrrole nitrogens is 2. The first-order valence-electron chi connectivity index (χ1n) is 19.1. The standard InChI is InChI=1S/C40H50N10O4/c1-6-22(3)34(41)38(51)49-16-8-10-32(49)36-42-21-31(45-36)26-13-12-24-18-28(47-48-29(24)19-26)25-14-15-27-30(20-25)44-37(43-27)33-11-9-17-50(33)39(52)35(23(4)7-2)46-40(53)54-5/h12-15,18-23,32-35H,6-11,16-17,41H2,1-5H3,(H,42,45)(H,43,44)(H,46,53)/t22-,23-,32+,33+,34+,35+/m1/s1. The van der Waals surface area contributed by atoms with Crippen molar-refractivity contribution in [1.82, 2.24) is 45.2 Å². The van der Waals surface area contributed by atoms with Crippen molar-refractivity contribution >= 4 is 39.8 Å². The number of benzene rings is 2. The minimum atomic E-state index is -0.683. The molecule has 5 heterocycles. The summed E-state index contributed by atoms with van der Waals surface area (Å²) >= 11 is 0. The number of amides is 3. The smallest absolute Gasteiger partial charge is 0.407 e. The molecule has 7 rings (SSSR count). The lowest BCUT2D eigenvalue weighted by Crippen LogP contribution is -2.51. The highest BCUT2D eigenvalue weighted by molar-refractivity contribution is 5.89. The molecule has 5 N–H and O–H groups in total. The topological polar surface area (TPSA) is 188 Å². The number of carbonyl (C=O) groups is 3. The van der Waals surface area contributed by atoms with Gasteiger partial charge in [0.25, 0.3) is 0 Å². The number of methoxy groups -OCH3 is 1. The van der Waals surface area contributed by atoms with Crippen LogP contribution < -0.4 is 11.1 Å². The van der Waals surface area contributed by atoms with Crippen LogP contribution in [-0.4, -0.2) is 90.1 Å². The molecule has 2 aliphatic heterocycles. The van der Waals surface area contributed by atoms with Gasteiger partial charge in [0, 0.05) is 29.6 Å². The van der Waals surface area contributed by atoms with Crippen LogP contribution in [-0.2, 0) is 14.3 Å². The number of aromatic amines is 2. The zero-order valence-electron chi connectivity index (χ0n) is 31.6. The number of aromatic nitrogens is 6. The molecule has 284 valence electrons. The van der Waals surface area contributed by atoms with E-state index in [0.29, 0.717) is 13.1 Å². The predicted octanol–water partition coefficient (Wildman–Crippen LogP) is 6.03. The lowest BCUT2D eigenvalue weighted by Gasteiger charge is -2.30.